The summed E-state index contributed by atoms with van der Waals surface area (Å²) in [6.45, 7) is 2.01. The number of hydrogen-bond donors (Lipinski definition) is 0. The lowest BCUT2D eigenvalue weighted by atomic mass is 9.77. The summed E-state index contributed by atoms with van der Waals surface area (Å²) >= 11 is 12.4. The Kier molecular flexibility index (Phi) is 4.83. The molecule has 0 aromatic heterocycles. The van der Waals surface area contributed by atoms with E-state index in [0.717, 1.165) is 34.5 Å². The molecule has 0 saturated heterocycles. The number of ketones is 1. The van der Waals surface area contributed by atoms with Gasteiger partial charge >= 0.3 is 0 Å². The van der Waals surface area contributed by atoms with Gasteiger partial charge in [0.25, 0.3) is 0 Å². The van der Waals surface area contributed by atoms with Gasteiger partial charge in [-0.2, -0.15) is 0 Å². The number of Topliss-reactive ketones (excluding diaryl/α,β-unsaturated/α-hetero) is 1. The summed E-state index contributed by atoms with van der Waals surface area (Å²) in [6.07, 6.45) is 2.20. The smallest absolute Gasteiger partial charge is 0.232 e. The van der Waals surface area contributed by atoms with Crippen LogP contribution >= 0.6 is 23.2 Å². The van der Waals surface area contributed by atoms with E-state index in [1.165, 1.54) is 0 Å². The molecular weight excluding hydrogens is 381 g/mol. The third kappa shape index (κ3) is 3.30. The molecule has 1 amide bonds. The maximum atomic E-state index is 13.1. The molecule has 0 fully saturated rings. The molecule has 1 atom stereocenters. The van der Waals surface area contributed by atoms with Gasteiger partial charge in [0.05, 0.1) is 0 Å². The Morgan fingerprint density at radius 3 is 2.44 bits per heavy atom. The van der Waals surface area contributed by atoms with Gasteiger partial charge in [-0.15, -0.1) is 0 Å². The Labute approximate surface area is 168 Å². The Balaban J connectivity index is 1.87. The molecule has 2 aromatic rings. The Morgan fingerprint density at radius 2 is 1.74 bits per heavy atom. The van der Waals surface area contributed by atoms with E-state index >= 15 is 0 Å². The Bertz CT molecular complexity index is 963. The van der Waals surface area contributed by atoms with Crippen LogP contribution in [-0.4, -0.2) is 11.7 Å². The van der Waals surface area contributed by atoms with Gasteiger partial charge in [0, 0.05) is 45.8 Å². The second-order valence-electron chi connectivity index (χ2n) is 7.12. The van der Waals surface area contributed by atoms with E-state index < -0.39 is 0 Å². The summed E-state index contributed by atoms with van der Waals surface area (Å²) in [6, 6.07) is 13.1. The first kappa shape index (κ1) is 18.3. The van der Waals surface area contributed by atoms with Gasteiger partial charge in [0.1, 0.15) is 0 Å². The van der Waals surface area contributed by atoms with Crippen molar-refractivity contribution in [3.8, 4) is 0 Å². The number of hydrogen-bond acceptors (Lipinski definition) is 2. The van der Waals surface area contributed by atoms with E-state index in [9.17, 15) is 9.59 Å². The highest BCUT2D eigenvalue weighted by molar-refractivity contribution is 6.35. The van der Waals surface area contributed by atoms with Crippen molar-refractivity contribution in [2.45, 2.75) is 38.5 Å². The predicted molar refractivity (Wildman–Crippen MR) is 108 cm³/mol. The zero-order chi connectivity index (χ0) is 19.1. The van der Waals surface area contributed by atoms with Gasteiger partial charge in [-0.25, -0.2) is 0 Å². The molecule has 4 rings (SSSR count). The van der Waals surface area contributed by atoms with Crippen LogP contribution in [0.1, 0.15) is 42.7 Å². The molecule has 1 aliphatic carbocycles. The van der Waals surface area contributed by atoms with Crippen LogP contribution in [0.4, 0.5) is 5.69 Å². The van der Waals surface area contributed by atoms with Gasteiger partial charge in [0.15, 0.2) is 5.78 Å². The predicted octanol–water partition coefficient (Wildman–Crippen LogP) is 5.83. The van der Waals surface area contributed by atoms with Crippen molar-refractivity contribution in [3.05, 3.63) is 74.9 Å². The molecule has 1 heterocycles. The molecule has 1 unspecified atom stereocenters. The van der Waals surface area contributed by atoms with Gasteiger partial charge in [-0.3, -0.25) is 14.5 Å². The molecule has 5 heteroatoms. The van der Waals surface area contributed by atoms with E-state index in [-0.39, 0.29) is 24.0 Å². The van der Waals surface area contributed by atoms with E-state index in [2.05, 4.69) is 0 Å². The topological polar surface area (TPSA) is 37.4 Å². The highest BCUT2D eigenvalue weighted by atomic mass is 35.5. The van der Waals surface area contributed by atoms with Crippen molar-refractivity contribution < 1.29 is 9.59 Å². The van der Waals surface area contributed by atoms with Crippen molar-refractivity contribution in [2.24, 2.45) is 0 Å². The first-order chi connectivity index (χ1) is 13.0. The van der Waals surface area contributed by atoms with Crippen molar-refractivity contribution in [2.75, 3.05) is 4.90 Å². The number of amides is 1. The molecule has 0 bridgehead atoms. The molecule has 0 N–H and O–H groups in total. The van der Waals surface area contributed by atoms with E-state index in [1.54, 1.807) is 17.0 Å². The standard InChI is InChI=1S/C22H19Cl2NO2/c1-13-5-8-15(9-6-13)25-19-3-2-4-20(26)22(19)17(12-21(25)27)16-10-7-14(23)11-18(16)24/h5-11,17H,2-4,12H2,1H3. The minimum atomic E-state index is -0.313. The van der Waals surface area contributed by atoms with Crippen LogP contribution in [-0.2, 0) is 9.59 Å². The molecule has 0 saturated carbocycles. The molecule has 2 aliphatic rings. The summed E-state index contributed by atoms with van der Waals surface area (Å²) in [4.78, 5) is 27.7. The number of carbonyl (C=O) groups is 2. The summed E-state index contributed by atoms with van der Waals surface area (Å²) in [5.74, 6) is -0.216. The zero-order valence-corrected chi connectivity index (χ0v) is 16.5. The van der Waals surface area contributed by atoms with Crippen LogP contribution in [0.2, 0.25) is 10.0 Å². The second kappa shape index (κ2) is 7.14. The normalized spacial score (nSPS) is 20.1. The minimum Gasteiger partial charge on any atom is -0.294 e. The van der Waals surface area contributed by atoms with Gasteiger partial charge in [0.2, 0.25) is 5.91 Å². The summed E-state index contributed by atoms with van der Waals surface area (Å²) < 4.78 is 0. The summed E-state index contributed by atoms with van der Waals surface area (Å²) in [7, 11) is 0. The highest BCUT2D eigenvalue weighted by Crippen LogP contribution is 2.45. The lowest BCUT2D eigenvalue weighted by molar-refractivity contribution is -0.119. The average Bonchev–Trinajstić information content (AvgIpc) is 2.62. The van der Waals surface area contributed by atoms with Crippen molar-refractivity contribution in [1.82, 2.24) is 0 Å². The van der Waals surface area contributed by atoms with Crippen LogP contribution in [0.25, 0.3) is 0 Å². The number of anilines is 1. The third-order valence-electron chi connectivity index (χ3n) is 5.31. The number of carbonyl (C=O) groups excluding carboxylic acids is 2. The van der Waals surface area contributed by atoms with E-state index in [4.69, 9.17) is 23.2 Å². The minimum absolute atomic E-state index is 0.0108. The summed E-state index contributed by atoms with van der Waals surface area (Å²) in [5, 5.41) is 1.03. The molecule has 27 heavy (non-hydrogen) atoms. The third-order valence-corrected chi connectivity index (χ3v) is 5.87. The van der Waals surface area contributed by atoms with Gasteiger partial charge < -0.3 is 0 Å². The Hall–Kier alpha value is -2.10. The van der Waals surface area contributed by atoms with Crippen molar-refractivity contribution in [1.29, 1.82) is 0 Å². The number of halogens is 2. The molecule has 3 nitrogen and oxygen atoms in total. The average molecular weight is 400 g/mol. The number of rotatable bonds is 2. The van der Waals surface area contributed by atoms with Crippen molar-refractivity contribution >= 4 is 40.6 Å². The Morgan fingerprint density at radius 1 is 1.00 bits per heavy atom. The van der Waals surface area contributed by atoms with Gasteiger partial charge in [-0.1, -0.05) is 47.0 Å². The highest BCUT2D eigenvalue weighted by Gasteiger charge is 2.40. The fourth-order valence-electron chi connectivity index (χ4n) is 4.04. The van der Waals surface area contributed by atoms with E-state index in [1.807, 2.05) is 37.3 Å². The maximum absolute atomic E-state index is 13.1. The molecule has 138 valence electrons. The fourth-order valence-corrected chi connectivity index (χ4v) is 4.58. The SMILES string of the molecule is Cc1ccc(N2C(=O)CC(c3ccc(Cl)cc3Cl)C3=C2CCCC3=O)cc1. The number of allylic oxidation sites excluding steroid dienone is 2. The monoisotopic (exact) mass is 399 g/mol. The van der Waals surface area contributed by atoms with Crippen LogP contribution in [0.15, 0.2) is 53.7 Å². The lowest BCUT2D eigenvalue weighted by Crippen LogP contribution is -2.40. The number of benzene rings is 2. The quantitative estimate of drug-likeness (QED) is 0.636. The lowest BCUT2D eigenvalue weighted by Gasteiger charge is -2.38. The first-order valence-corrected chi connectivity index (χ1v) is 9.82. The number of nitrogens with zero attached hydrogens (tertiary/aromatic N) is 1. The van der Waals surface area contributed by atoms with Gasteiger partial charge in [-0.05, 0) is 49.6 Å². The van der Waals surface area contributed by atoms with Crippen LogP contribution in [0.3, 0.4) is 0 Å². The van der Waals surface area contributed by atoms with E-state index in [0.29, 0.717) is 22.9 Å². The van der Waals surface area contributed by atoms with Crippen LogP contribution < -0.4 is 4.90 Å². The molecule has 0 radical (unpaired) electrons. The van der Waals surface area contributed by atoms with Crippen molar-refractivity contribution in [3.63, 3.8) is 0 Å². The molecule has 2 aromatic carbocycles. The fraction of sp³-hybridized carbons (Fsp3) is 0.273. The zero-order valence-electron chi connectivity index (χ0n) is 15.0. The molecule has 0 spiro atoms. The summed E-state index contributed by atoms with van der Waals surface area (Å²) in [5.41, 5.74) is 4.28. The maximum Gasteiger partial charge on any atom is 0.232 e. The van der Waals surface area contributed by atoms with Crippen LogP contribution in [0.5, 0.6) is 0 Å². The molecule has 1 aliphatic heterocycles. The largest absolute Gasteiger partial charge is 0.294 e. The molecular formula is C22H19Cl2NO2. The van der Waals surface area contributed by atoms with Crippen LogP contribution in [0, 0.1) is 6.92 Å². The number of aryl methyl sites for hydroxylation is 1. The second-order valence-corrected chi connectivity index (χ2v) is 7.97. The first-order valence-electron chi connectivity index (χ1n) is 9.06.